The number of hydrogen-bond donors (Lipinski definition) is 1. The van der Waals surface area contributed by atoms with Gasteiger partial charge in [0.15, 0.2) is 0 Å². The van der Waals surface area contributed by atoms with Crippen molar-refractivity contribution in [3.05, 3.63) is 0 Å². The first kappa shape index (κ1) is 16.2. The van der Waals surface area contributed by atoms with E-state index in [9.17, 15) is 8.42 Å². The van der Waals surface area contributed by atoms with Crippen molar-refractivity contribution in [3.8, 4) is 0 Å². The fraction of sp³-hybridized carbons (Fsp3) is 1.00. The summed E-state index contributed by atoms with van der Waals surface area (Å²) in [7, 11) is -3.05. The first-order valence-electron chi connectivity index (χ1n) is 7.73. The molecule has 1 saturated heterocycles. The molecular formula is C14H28N2O3S. The Morgan fingerprint density at radius 1 is 1.15 bits per heavy atom. The van der Waals surface area contributed by atoms with Gasteiger partial charge in [-0.25, -0.2) is 12.7 Å². The highest BCUT2D eigenvalue weighted by Gasteiger charge is 2.28. The Balaban J connectivity index is 1.71. The van der Waals surface area contributed by atoms with Crippen molar-refractivity contribution in [2.45, 2.75) is 32.1 Å². The number of sulfonamides is 1. The number of rotatable bonds is 6. The molecular weight excluding hydrogens is 276 g/mol. The van der Waals surface area contributed by atoms with E-state index in [1.165, 1.54) is 25.5 Å². The molecule has 0 aromatic carbocycles. The van der Waals surface area contributed by atoms with Gasteiger partial charge in [-0.3, -0.25) is 0 Å². The summed E-state index contributed by atoms with van der Waals surface area (Å²) in [5.41, 5.74) is 5.78. The van der Waals surface area contributed by atoms with Gasteiger partial charge >= 0.3 is 0 Å². The molecule has 1 aliphatic carbocycles. The molecule has 1 aliphatic heterocycles. The second-order valence-corrected chi connectivity index (χ2v) is 8.34. The largest absolute Gasteiger partial charge is 0.381 e. The van der Waals surface area contributed by atoms with Crippen molar-refractivity contribution in [2.75, 3.05) is 39.1 Å². The van der Waals surface area contributed by atoms with Gasteiger partial charge in [-0.15, -0.1) is 0 Å². The first-order valence-corrected chi connectivity index (χ1v) is 9.58. The molecule has 2 rings (SSSR count). The lowest BCUT2D eigenvalue weighted by Gasteiger charge is -2.31. The van der Waals surface area contributed by atoms with Crippen molar-refractivity contribution in [2.24, 2.45) is 23.5 Å². The highest BCUT2D eigenvalue weighted by Crippen LogP contribution is 2.31. The number of piperidine rings is 1. The smallest absolute Gasteiger partial charge is 0.211 e. The fourth-order valence-corrected chi connectivity index (χ4v) is 4.44. The normalized spacial score (nSPS) is 32.6. The minimum atomic E-state index is -3.05. The molecule has 0 aromatic rings. The summed E-state index contributed by atoms with van der Waals surface area (Å²) < 4.78 is 30.6. The van der Waals surface area contributed by atoms with Crippen molar-refractivity contribution in [1.29, 1.82) is 0 Å². The second kappa shape index (κ2) is 7.20. The van der Waals surface area contributed by atoms with Crippen molar-refractivity contribution in [1.82, 2.24) is 4.31 Å². The maximum atomic E-state index is 11.6. The molecule has 1 heterocycles. The highest BCUT2D eigenvalue weighted by molar-refractivity contribution is 7.88. The number of hydrogen-bond acceptors (Lipinski definition) is 4. The highest BCUT2D eigenvalue weighted by atomic mass is 32.2. The number of ether oxygens (including phenoxy) is 1. The summed E-state index contributed by atoms with van der Waals surface area (Å²) in [5, 5.41) is 0. The van der Waals surface area contributed by atoms with E-state index in [1.54, 1.807) is 4.31 Å². The summed E-state index contributed by atoms with van der Waals surface area (Å²) in [6.07, 6.45) is 7.02. The average molecular weight is 304 g/mol. The maximum absolute atomic E-state index is 11.6. The predicted octanol–water partition coefficient (Wildman–Crippen LogP) is 1.05. The summed E-state index contributed by atoms with van der Waals surface area (Å²) in [4.78, 5) is 0. The zero-order valence-electron chi connectivity index (χ0n) is 12.5. The molecule has 0 radical (unpaired) electrons. The first-order chi connectivity index (χ1) is 9.50. The Hall–Kier alpha value is -0.170. The SMILES string of the molecule is CS(=O)(=O)N1CCCC(COCC2CCCC2CN)C1. The Labute approximate surface area is 122 Å². The van der Waals surface area contributed by atoms with Crippen LogP contribution in [-0.4, -0.2) is 51.8 Å². The fourth-order valence-electron chi connectivity index (χ4n) is 3.49. The van der Waals surface area contributed by atoms with E-state index in [0.717, 1.165) is 26.0 Å². The van der Waals surface area contributed by atoms with E-state index in [0.29, 0.717) is 37.5 Å². The molecule has 20 heavy (non-hydrogen) atoms. The van der Waals surface area contributed by atoms with Gasteiger partial charge in [-0.2, -0.15) is 0 Å². The lowest BCUT2D eigenvalue weighted by atomic mass is 9.97. The number of nitrogens with zero attached hydrogens (tertiary/aromatic N) is 1. The van der Waals surface area contributed by atoms with Crippen LogP contribution in [0.15, 0.2) is 0 Å². The lowest BCUT2D eigenvalue weighted by Crippen LogP contribution is -2.40. The maximum Gasteiger partial charge on any atom is 0.211 e. The van der Waals surface area contributed by atoms with Gasteiger partial charge < -0.3 is 10.5 Å². The Kier molecular flexibility index (Phi) is 5.84. The molecule has 3 atom stereocenters. The monoisotopic (exact) mass is 304 g/mol. The van der Waals surface area contributed by atoms with Crippen molar-refractivity contribution >= 4 is 10.0 Å². The molecule has 0 bridgehead atoms. The van der Waals surface area contributed by atoms with Crippen LogP contribution in [0.2, 0.25) is 0 Å². The molecule has 2 N–H and O–H groups in total. The van der Waals surface area contributed by atoms with Gasteiger partial charge in [0.1, 0.15) is 0 Å². The van der Waals surface area contributed by atoms with Crippen LogP contribution in [0.3, 0.4) is 0 Å². The molecule has 2 fully saturated rings. The van der Waals surface area contributed by atoms with Crippen LogP contribution in [0.5, 0.6) is 0 Å². The van der Waals surface area contributed by atoms with E-state index in [4.69, 9.17) is 10.5 Å². The summed E-state index contributed by atoms with van der Waals surface area (Å²) in [6, 6.07) is 0. The Bertz CT molecular complexity index is 399. The van der Waals surface area contributed by atoms with Crippen LogP contribution < -0.4 is 5.73 Å². The molecule has 3 unspecified atom stereocenters. The third-order valence-corrected chi connectivity index (χ3v) is 6.03. The topological polar surface area (TPSA) is 72.6 Å². The van der Waals surface area contributed by atoms with Gasteiger partial charge in [-0.05, 0) is 50.0 Å². The van der Waals surface area contributed by atoms with Crippen LogP contribution in [0.25, 0.3) is 0 Å². The molecule has 5 nitrogen and oxygen atoms in total. The predicted molar refractivity (Wildman–Crippen MR) is 79.8 cm³/mol. The van der Waals surface area contributed by atoms with Crippen molar-refractivity contribution < 1.29 is 13.2 Å². The minimum absolute atomic E-state index is 0.344. The van der Waals surface area contributed by atoms with Gasteiger partial charge in [0.2, 0.25) is 10.0 Å². The summed E-state index contributed by atoms with van der Waals surface area (Å²) in [6.45, 7) is 3.51. The molecule has 6 heteroatoms. The molecule has 118 valence electrons. The van der Waals surface area contributed by atoms with E-state index in [1.807, 2.05) is 0 Å². The third-order valence-electron chi connectivity index (χ3n) is 4.76. The van der Waals surface area contributed by atoms with Crippen LogP contribution in [0.4, 0.5) is 0 Å². The summed E-state index contributed by atoms with van der Waals surface area (Å²) >= 11 is 0. The van der Waals surface area contributed by atoms with E-state index in [-0.39, 0.29) is 0 Å². The van der Waals surface area contributed by atoms with E-state index < -0.39 is 10.0 Å². The third kappa shape index (κ3) is 4.41. The summed E-state index contributed by atoms with van der Waals surface area (Å²) in [5.74, 6) is 1.57. The van der Waals surface area contributed by atoms with E-state index >= 15 is 0 Å². The molecule has 2 aliphatic rings. The molecule has 0 spiro atoms. The van der Waals surface area contributed by atoms with Gasteiger partial charge in [0.25, 0.3) is 0 Å². The van der Waals surface area contributed by atoms with Crippen molar-refractivity contribution in [3.63, 3.8) is 0 Å². The van der Waals surface area contributed by atoms with Crippen LogP contribution in [0, 0.1) is 17.8 Å². The Morgan fingerprint density at radius 3 is 2.60 bits per heavy atom. The Morgan fingerprint density at radius 2 is 1.90 bits per heavy atom. The number of nitrogens with two attached hydrogens (primary N) is 1. The standard InChI is InChI=1S/C14H28N2O3S/c1-20(17,18)16-7-3-4-12(9-16)10-19-11-14-6-2-5-13(14)8-15/h12-14H,2-11,15H2,1H3. The van der Waals surface area contributed by atoms with Gasteiger partial charge in [0.05, 0.1) is 12.9 Å². The van der Waals surface area contributed by atoms with Crippen LogP contribution >= 0.6 is 0 Å². The van der Waals surface area contributed by atoms with Gasteiger partial charge in [-0.1, -0.05) is 6.42 Å². The molecule has 0 amide bonds. The van der Waals surface area contributed by atoms with Crippen LogP contribution in [-0.2, 0) is 14.8 Å². The zero-order valence-corrected chi connectivity index (χ0v) is 13.3. The lowest BCUT2D eigenvalue weighted by molar-refractivity contribution is 0.0471. The quantitative estimate of drug-likeness (QED) is 0.796. The zero-order chi connectivity index (χ0) is 14.6. The minimum Gasteiger partial charge on any atom is -0.381 e. The molecule has 0 aromatic heterocycles. The van der Waals surface area contributed by atoms with E-state index in [2.05, 4.69) is 0 Å². The molecule has 1 saturated carbocycles. The van der Waals surface area contributed by atoms with Gasteiger partial charge in [0, 0.05) is 19.7 Å². The average Bonchev–Trinajstić information content (AvgIpc) is 2.86. The second-order valence-electron chi connectivity index (χ2n) is 6.35. The van der Waals surface area contributed by atoms with Crippen LogP contribution in [0.1, 0.15) is 32.1 Å².